The van der Waals surface area contributed by atoms with Gasteiger partial charge in [0.05, 0.1) is 6.61 Å². The van der Waals surface area contributed by atoms with Gasteiger partial charge in [0.15, 0.2) is 0 Å². The maximum Gasteiger partial charge on any atom is 0.323 e. The molecule has 12 heavy (non-hydrogen) atoms. The Morgan fingerprint density at radius 1 is 1.58 bits per heavy atom. The van der Waals surface area contributed by atoms with Gasteiger partial charge in [-0.3, -0.25) is 4.79 Å². The summed E-state index contributed by atoms with van der Waals surface area (Å²) in [6, 6.07) is -0.158. The average molecular weight is 191 g/mol. The third-order valence-corrected chi connectivity index (χ3v) is 2.39. The second kappa shape index (κ2) is 7.43. The van der Waals surface area contributed by atoms with Crippen LogP contribution in [-0.2, 0) is 9.53 Å². The highest BCUT2D eigenvalue weighted by molar-refractivity contribution is 7.99. The molecule has 0 aromatic carbocycles. The summed E-state index contributed by atoms with van der Waals surface area (Å²) in [7, 11) is 1.78. The molecule has 0 rings (SSSR count). The summed E-state index contributed by atoms with van der Waals surface area (Å²) in [5.74, 6) is 1.66. The predicted octanol–water partition coefficient (Wildman–Crippen LogP) is 0.891. The van der Waals surface area contributed by atoms with Crippen molar-refractivity contribution >= 4 is 17.7 Å². The number of carbonyl (C=O) groups excluding carboxylic acids is 1. The normalized spacial score (nSPS) is 12.6. The zero-order valence-electron chi connectivity index (χ0n) is 7.92. The topological polar surface area (TPSA) is 38.3 Å². The maximum absolute atomic E-state index is 11.2. The molecular weight excluding hydrogens is 174 g/mol. The van der Waals surface area contributed by atoms with E-state index in [1.54, 1.807) is 18.8 Å². The molecule has 0 bridgehead atoms. The van der Waals surface area contributed by atoms with Crippen molar-refractivity contribution in [2.24, 2.45) is 0 Å². The molecule has 0 aromatic heterocycles. The number of thioether (sulfide) groups is 1. The highest BCUT2D eigenvalue weighted by Gasteiger charge is 2.16. The van der Waals surface area contributed by atoms with E-state index in [1.165, 1.54) is 0 Å². The van der Waals surface area contributed by atoms with Gasteiger partial charge in [0, 0.05) is 5.75 Å². The molecule has 1 atom stereocenters. The van der Waals surface area contributed by atoms with E-state index in [9.17, 15) is 4.79 Å². The van der Waals surface area contributed by atoms with E-state index >= 15 is 0 Å². The molecular formula is C8H17NO2S. The number of ether oxygens (including phenoxy) is 1. The van der Waals surface area contributed by atoms with Crippen LogP contribution in [0.4, 0.5) is 0 Å². The van der Waals surface area contributed by atoms with Crippen LogP contribution in [0.15, 0.2) is 0 Å². The van der Waals surface area contributed by atoms with Gasteiger partial charge in [-0.15, -0.1) is 0 Å². The van der Waals surface area contributed by atoms with Crippen LogP contribution in [0.1, 0.15) is 13.8 Å². The second-order valence-corrected chi connectivity index (χ2v) is 3.57. The third kappa shape index (κ3) is 4.62. The van der Waals surface area contributed by atoms with Gasteiger partial charge in [-0.05, 0) is 19.7 Å². The summed E-state index contributed by atoms with van der Waals surface area (Å²) in [5.41, 5.74) is 0. The summed E-state index contributed by atoms with van der Waals surface area (Å²) in [5, 5.41) is 2.93. The van der Waals surface area contributed by atoms with Crippen molar-refractivity contribution in [2.75, 3.05) is 25.2 Å². The third-order valence-electron chi connectivity index (χ3n) is 1.41. The minimum absolute atomic E-state index is 0.152. The molecule has 0 fully saturated rings. The first kappa shape index (κ1) is 11.8. The molecule has 72 valence electrons. The van der Waals surface area contributed by atoms with Crippen molar-refractivity contribution in [2.45, 2.75) is 19.9 Å². The molecule has 1 N–H and O–H groups in total. The first-order chi connectivity index (χ1) is 5.76. The van der Waals surface area contributed by atoms with Crippen LogP contribution >= 0.6 is 11.8 Å². The predicted molar refractivity (Wildman–Crippen MR) is 52.5 cm³/mol. The zero-order chi connectivity index (χ0) is 9.40. The Labute approximate surface area is 78.2 Å². The van der Waals surface area contributed by atoms with Gasteiger partial charge >= 0.3 is 5.97 Å². The molecule has 0 saturated heterocycles. The molecule has 0 spiro atoms. The number of nitrogens with one attached hydrogen (secondary N) is 1. The standard InChI is InChI=1S/C8H17NO2S/c1-4-11-8(10)7(9-3)6-12-5-2/h7,9H,4-6H2,1-3H3. The van der Waals surface area contributed by atoms with Crippen molar-refractivity contribution in [1.82, 2.24) is 5.32 Å². The summed E-state index contributed by atoms with van der Waals surface area (Å²) in [6.45, 7) is 4.34. The lowest BCUT2D eigenvalue weighted by Gasteiger charge is -2.13. The Hall–Kier alpha value is -0.220. The summed E-state index contributed by atoms with van der Waals surface area (Å²) < 4.78 is 4.88. The van der Waals surface area contributed by atoms with Crippen LogP contribution in [0.3, 0.4) is 0 Å². The van der Waals surface area contributed by atoms with E-state index in [-0.39, 0.29) is 12.0 Å². The average Bonchev–Trinajstić information content (AvgIpc) is 2.06. The lowest BCUT2D eigenvalue weighted by atomic mass is 10.3. The van der Waals surface area contributed by atoms with Gasteiger partial charge in [0.2, 0.25) is 0 Å². The van der Waals surface area contributed by atoms with Gasteiger partial charge in [-0.25, -0.2) is 0 Å². The Balaban J connectivity index is 3.71. The minimum atomic E-state index is -0.158. The van der Waals surface area contributed by atoms with Crippen molar-refractivity contribution in [3.05, 3.63) is 0 Å². The number of hydrogen-bond donors (Lipinski definition) is 1. The lowest BCUT2D eigenvalue weighted by Crippen LogP contribution is -2.37. The lowest BCUT2D eigenvalue weighted by molar-refractivity contribution is -0.144. The van der Waals surface area contributed by atoms with Crippen LogP contribution in [-0.4, -0.2) is 37.2 Å². The van der Waals surface area contributed by atoms with Crippen LogP contribution < -0.4 is 5.32 Å². The van der Waals surface area contributed by atoms with Crippen molar-refractivity contribution < 1.29 is 9.53 Å². The van der Waals surface area contributed by atoms with Gasteiger partial charge in [0.25, 0.3) is 0 Å². The Morgan fingerprint density at radius 3 is 2.67 bits per heavy atom. The van der Waals surface area contributed by atoms with E-state index in [0.717, 1.165) is 11.5 Å². The first-order valence-electron chi connectivity index (χ1n) is 4.17. The van der Waals surface area contributed by atoms with Gasteiger partial charge in [-0.2, -0.15) is 11.8 Å². The molecule has 0 aliphatic heterocycles. The molecule has 0 aromatic rings. The maximum atomic E-state index is 11.2. The molecule has 1 unspecified atom stereocenters. The molecule has 0 radical (unpaired) electrons. The molecule has 0 saturated carbocycles. The SMILES string of the molecule is CCOC(=O)C(CSCC)NC. The Morgan fingerprint density at radius 2 is 2.25 bits per heavy atom. The number of carbonyl (C=O) groups is 1. The van der Waals surface area contributed by atoms with E-state index in [2.05, 4.69) is 12.2 Å². The molecule has 0 aliphatic rings. The highest BCUT2D eigenvalue weighted by Crippen LogP contribution is 2.02. The Kier molecular flexibility index (Phi) is 7.29. The van der Waals surface area contributed by atoms with E-state index in [0.29, 0.717) is 6.61 Å². The van der Waals surface area contributed by atoms with Crippen LogP contribution in [0, 0.1) is 0 Å². The number of hydrogen-bond acceptors (Lipinski definition) is 4. The second-order valence-electron chi connectivity index (χ2n) is 2.25. The monoisotopic (exact) mass is 191 g/mol. The van der Waals surface area contributed by atoms with E-state index in [1.807, 2.05) is 6.92 Å². The van der Waals surface area contributed by atoms with Gasteiger partial charge < -0.3 is 10.1 Å². The van der Waals surface area contributed by atoms with Crippen molar-refractivity contribution in [1.29, 1.82) is 0 Å². The number of likely N-dealkylation sites (N-methyl/N-ethyl adjacent to an activating group) is 1. The molecule has 0 amide bonds. The largest absolute Gasteiger partial charge is 0.465 e. The molecule has 0 aliphatic carbocycles. The van der Waals surface area contributed by atoms with E-state index < -0.39 is 0 Å². The van der Waals surface area contributed by atoms with E-state index in [4.69, 9.17) is 4.74 Å². The van der Waals surface area contributed by atoms with Gasteiger partial charge in [0.1, 0.15) is 6.04 Å². The zero-order valence-corrected chi connectivity index (χ0v) is 8.74. The number of esters is 1. The smallest absolute Gasteiger partial charge is 0.323 e. The van der Waals surface area contributed by atoms with Crippen LogP contribution in [0.2, 0.25) is 0 Å². The molecule has 3 nitrogen and oxygen atoms in total. The highest BCUT2D eigenvalue weighted by atomic mass is 32.2. The van der Waals surface area contributed by atoms with Crippen LogP contribution in [0.25, 0.3) is 0 Å². The fourth-order valence-corrected chi connectivity index (χ4v) is 1.52. The van der Waals surface area contributed by atoms with Crippen molar-refractivity contribution in [3.8, 4) is 0 Å². The first-order valence-corrected chi connectivity index (χ1v) is 5.33. The van der Waals surface area contributed by atoms with Crippen LogP contribution in [0.5, 0.6) is 0 Å². The fourth-order valence-electron chi connectivity index (χ4n) is 0.748. The summed E-state index contributed by atoms with van der Waals surface area (Å²) in [4.78, 5) is 11.2. The summed E-state index contributed by atoms with van der Waals surface area (Å²) >= 11 is 1.73. The van der Waals surface area contributed by atoms with Gasteiger partial charge in [-0.1, -0.05) is 6.92 Å². The minimum Gasteiger partial charge on any atom is -0.465 e. The molecule has 4 heteroatoms. The van der Waals surface area contributed by atoms with Crippen molar-refractivity contribution in [3.63, 3.8) is 0 Å². The quantitative estimate of drug-likeness (QED) is 0.633. The Bertz CT molecular complexity index is 130. The number of rotatable bonds is 6. The fraction of sp³-hybridized carbons (Fsp3) is 0.875. The molecule has 0 heterocycles. The summed E-state index contributed by atoms with van der Waals surface area (Å²) in [6.07, 6.45) is 0.